The van der Waals surface area contributed by atoms with Crippen LogP contribution in [0.1, 0.15) is 49.4 Å². The summed E-state index contributed by atoms with van der Waals surface area (Å²) >= 11 is 5.81. The first-order chi connectivity index (χ1) is 9.60. The van der Waals surface area contributed by atoms with Gasteiger partial charge in [-0.15, -0.1) is 0 Å². The number of halogens is 2. The van der Waals surface area contributed by atoms with Crippen molar-refractivity contribution in [1.29, 1.82) is 0 Å². The Hall–Kier alpha value is -1.16. The fourth-order valence-electron chi connectivity index (χ4n) is 2.76. The minimum absolute atomic E-state index is 0.0404. The van der Waals surface area contributed by atoms with Crippen LogP contribution in [0.4, 0.5) is 4.39 Å². The first kappa shape index (κ1) is 15.2. The van der Waals surface area contributed by atoms with Gasteiger partial charge in [0.15, 0.2) is 0 Å². The van der Waals surface area contributed by atoms with Crippen molar-refractivity contribution in [2.45, 2.75) is 39.0 Å². The van der Waals surface area contributed by atoms with Crippen molar-refractivity contribution >= 4 is 17.5 Å². The van der Waals surface area contributed by atoms with E-state index in [0.717, 1.165) is 31.0 Å². The van der Waals surface area contributed by atoms with E-state index in [-0.39, 0.29) is 16.6 Å². The molecule has 0 radical (unpaired) electrons. The van der Waals surface area contributed by atoms with E-state index in [0.29, 0.717) is 12.5 Å². The number of hydrogen-bond donors (Lipinski definition) is 1. The molecule has 0 aromatic carbocycles. The predicted octanol–water partition coefficient (Wildman–Crippen LogP) is 3.82. The van der Waals surface area contributed by atoms with Crippen molar-refractivity contribution in [3.8, 4) is 0 Å². The molecule has 0 spiro atoms. The number of nitrogens with zero attached hydrogens (tertiary/aromatic N) is 1. The van der Waals surface area contributed by atoms with Crippen molar-refractivity contribution in [1.82, 2.24) is 10.3 Å². The minimum Gasteiger partial charge on any atom is -0.352 e. The van der Waals surface area contributed by atoms with Gasteiger partial charge in [0.2, 0.25) is 0 Å². The normalized spacial score (nSPS) is 22.6. The molecule has 0 bridgehead atoms. The highest BCUT2D eigenvalue weighted by atomic mass is 35.5. The highest BCUT2D eigenvalue weighted by molar-refractivity contribution is 6.32. The standard InChI is InChI=1S/C15H20ClFN2O/c1-2-10-3-5-11(6-4-10)8-19-15(20)13-7-12(17)9-18-14(13)16/h7,9-11H,2-6,8H2,1H3,(H,19,20). The third kappa shape index (κ3) is 3.92. The molecule has 1 N–H and O–H groups in total. The lowest BCUT2D eigenvalue weighted by molar-refractivity contribution is 0.0940. The van der Waals surface area contributed by atoms with Crippen LogP contribution in [0, 0.1) is 17.7 Å². The highest BCUT2D eigenvalue weighted by Gasteiger charge is 2.21. The molecular formula is C15H20ClFN2O. The summed E-state index contributed by atoms with van der Waals surface area (Å²) in [6.45, 7) is 2.85. The SMILES string of the molecule is CCC1CCC(CNC(=O)c2cc(F)cnc2Cl)CC1. The second kappa shape index (κ2) is 7.02. The summed E-state index contributed by atoms with van der Waals surface area (Å²) in [5, 5.41) is 2.88. The molecule has 1 saturated carbocycles. The number of pyridine rings is 1. The Labute approximate surface area is 123 Å². The van der Waals surface area contributed by atoms with Gasteiger partial charge in [-0.05, 0) is 30.7 Å². The lowest BCUT2D eigenvalue weighted by Crippen LogP contribution is -2.31. The van der Waals surface area contributed by atoms with Gasteiger partial charge < -0.3 is 5.32 Å². The second-order valence-electron chi connectivity index (χ2n) is 5.50. The van der Waals surface area contributed by atoms with Gasteiger partial charge in [0.1, 0.15) is 11.0 Å². The third-order valence-electron chi connectivity index (χ3n) is 4.15. The molecule has 5 heteroatoms. The van der Waals surface area contributed by atoms with Crippen LogP contribution >= 0.6 is 11.6 Å². The summed E-state index contributed by atoms with van der Waals surface area (Å²) in [4.78, 5) is 15.6. The fourth-order valence-corrected chi connectivity index (χ4v) is 2.95. The maximum Gasteiger partial charge on any atom is 0.254 e. The van der Waals surface area contributed by atoms with Crippen molar-refractivity contribution in [2.24, 2.45) is 11.8 Å². The molecule has 1 aromatic heterocycles. The van der Waals surface area contributed by atoms with Crippen LogP contribution in [0.25, 0.3) is 0 Å². The summed E-state index contributed by atoms with van der Waals surface area (Å²) in [5.74, 6) is 0.452. The van der Waals surface area contributed by atoms with Gasteiger partial charge in [0.05, 0.1) is 11.8 Å². The first-order valence-electron chi connectivity index (χ1n) is 7.19. The van der Waals surface area contributed by atoms with Crippen LogP contribution in [0.5, 0.6) is 0 Å². The van der Waals surface area contributed by atoms with E-state index in [1.165, 1.54) is 19.3 Å². The van der Waals surface area contributed by atoms with Gasteiger partial charge in [0, 0.05) is 6.54 Å². The molecule has 1 heterocycles. The van der Waals surface area contributed by atoms with E-state index in [1.807, 2.05) is 0 Å². The molecular weight excluding hydrogens is 279 g/mol. The zero-order valence-electron chi connectivity index (χ0n) is 11.7. The van der Waals surface area contributed by atoms with Crippen LogP contribution in [0.2, 0.25) is 5.15 Å². The lowest BCUT2D eigenvalue weighted by atomic mass is 9.81. The molecule has 1 aliphatic carbocycles. The third-order valence-corrected chi connectivity index (χ3v) is 4.45. The Bertz CT molecular complexity index is 473. The Morgan fingerprint density at radius 3 is 2.70 bits per heavy atom. The zero-order valence-corrected chi connectivity index (χ0v) is 12.4. The lowest BCUT2D eigenvalue weighted by Gasteiger charge is -2.27. The van der Waals surface area contributed by atoms with Gasteiger partial charge in [-0.3, -0.25) is 4.79 Å². The largest absolute Gasteiger partial charge is 0.352 e. The summed E-state index contributed by atoms with van der Waals surface area (Å²) in [7, 11) is 0. The van der Waals surface area contributed by atoms with Gasteiger partial charge in [0.25, 0.3) is 5.91 Å². The Morgan fingerprint density at radius 2 is 2.05 bits per heavy atom. The first-order valence-corrected chi connectivity index (χ1v) is 7.57. The molecule has 1 aromatic rings. The van der Waals surface area contributed by atoms with Crippen LogP contribution in [-0.4, -0.2) is 17.4 Å². The molecule has 3 nitrogen and oxygen atoms in total. The fraction of sp³-hybridized carbons (Fsp3) is 0.600. The molecule has 20 heavy (non-hydrogen) atoms. The number of aromatic nitrogens is 1. The number of hydrogen-bond acceptors (Lipinski definition) is 2. The maximum absolute atomic E-state index is 13.1. The molecule has 0 saturated heterocycles. The quantitative estimate of drug-likeness (QED) is 0.859. The number of carbonyl (C=O) groups excluding carboxylic acids is 1. The molecule has 2 rings (SSSR count). The average Bonchev–Trinajstić information content (AvgIpc) is 2.47. The maximum atomic E-state index is 13.1. The molecule has 1 fully saturated rings. The summed E-state index contributed by atoms with van der Waals surface area (Å²) < 4.78 is 13.1. The van der Waals surface area contributed by atoms with Gasteiger partial charge >= 0.3 is 0 Å². The second-order valence-corrected chi connectivity index (χ2v) is 5.85. The summed E-state index contributed by atoms with van der Waals surface area (Å²) in [5.41, 5.74) is 0.105. The molecule has 0 unspecified atom stereocenters. The van der Waals surface area contributed by atoms with Gasteiger partial charge in [-0.2, -0.15) is 0 Å². The Morgan fingerprint density at radius 1 is 1.40 bits per heavy atom. The summed E-state index contributed by atoms with van der Waals surface area (Å²) in [6.07, 6.45) is 7.01. The van der Waals surface area contributed by atoms with E-state index in [2.05, 4.69) is 17.2 Å². The molecule has 110 valence electrons. The topological polar surface area (TPSA) is 42.0 Å². The Balaban J connectivity index is 1.85. The molecule has 0 atom stereocenters. The number of nitrogens with one attached hydrogen (secondary N) is 1. The van der Waals surface area contributed by atoms with E-state index in [4.69, 9.17) is 11.6 Å². The zero-order chi connectivity index (χ0) is 14.5. The van der Waals surface area contributed by atoms with Crippen LogP contribution in [0.3, 0.4) is 0 Å². The van der Waals surface area contributed by atoms with E-state index >= 15 is 0 Å². The smallest absolute Gasteiger partial charge is 0.254 e. The molecule has 1 aliphatic rings. The molecule has 0 aliphatic heterocycles. The van der Waals surface area contributed by atoms with Gasteiger partial charge in [-0.25, -0.2) is 9.37 Å². The van der Waals surface area contributed by atoms with E-state index in [9.17, 15) is 9.18 Å². The summed E-state index contributed by atoms with van der Waals surface area (Å²) in [6, 6.07) is 1.12. The van der Waals surface area contributed by atoms with E-state index < -0.39 is 5.82 Å². The van der Waals surface area contributed by atoms with Crippen molar-refractivity contribution in [2.75, 3.05) is 6.54 Å². The van der Waals surface area contributed by atoms with Gasteiger partial charge in [-0.1, -0.05) is 37.8 Å². The minimum atomic E-state index is -0.553. The highest BCUT2D eigenvalue weighted by Crippen LogP contribution is 2.30. The van der Waals surface area contributed by atoms with Crippen molar-refractivity contribution in [3.63, 3.8) is 0 Å². The van der Waals surface area contributed by atoms with E-state index in [1.54, 1.807) is 0 Å². The van der Waals surface area contributed by atoms with Crippen molar-refractivity contribution < 1.29 is 9.18 Å². The predicted molar refractivity (Wildman–Crippen MR) is 77.3 cm³/mol. The van der Waals surface area contributed by atoms with Crippen LogP contribution < -0.4 is 5.32 Å². The number of amides is 1. The monoisotopic (exact) mass is 298 g/mol. The van der Waals surface area contributed by atoms with Crippen LogP contribution in [-0.2, 0) is 0 Å². The average molecular weight is 299 g/mol. The number of carbonyl (C=O) groups is 1. The van der Waals surface area contributed by atoms with Crippen LogP contribution in [0.15, 0.2) is 12.3 Å². The number of rotatable bonds is 4. The molecule has 1 amide bonds. The Kier molecular flexibility index (Phi) is 5.35. The van der Waals surface area contributed by atoms with Crippen molar-refractivity contribution in [3.05, 3.63) is 28.8 Å².